The van der Waals surface area contributed by atoms with Gasteiger partial charge in [-0.05, 0) is 30.3 Å². The van der Waals surface area contributed by atoms with E-state index in [0.29, 0.717) is 28.4 Å². The topological polar surface area (TPSA) is 58.2 Å². The second-order valence-electron chi connectivity index (χ2n) is 4.62. The summed E-state index contributed by atoms with van der Waals surface area (Å²) in [5.74, 6) is -0.679. The standard InChI is InChI=1S/C17H14BrClN2O2/c1-2-9-20-16(22)12-5-3-4-6-15(12)21-17(23)13-10-11(18)7-8-14(13)19/h2-8,10H,1,9H2,(H,20,22)(H,21,23). The highest BCUT2D eigenvalue weighted by Gasteiger charge is 2.15. The lowest BCUT2D eigenvalue weighted by molar-refractivity contribution is 0.0959. The monoisotopic (exact) mass is 392 g/mol. The van der Waals surface area contributed by atoms with Crippen LogP contribution in [0.3, 0.4) is 0 Å². The highest BCUT2D eigenvalue weighted by Crippen LogP contribution is 2.23. The number of rotatable bonds is 5. The molecule has 2 N–H and O–H groups in total. The average Bonchev–Trinajstić information content (AvgIpc) is 2.55. The Morgan fingerprint density at radius 1 is 1.13 bits per heavy atom. The molecule has 0 aliphatic heterocycles. The van der Waals surface area contributed by atoms with Crippen LogP contribution in [-0.2, 0) is 0 Å². The predicted octanol–water partition coefficient (Wildman–Crippen LogP) is 4.27. The van der Waals surface area contributed by atoms with Crippen LogP contribution < -0.4 is 10.6 Å². The van der Waals surface area contributed by atoms with E-state index >= 15 is 0 Å². The van der Waals surface area contributed by atoms with Gasteiger partial charge in [0.2, 0.25) is 0 Å². The van der Waals surface area contributed by atoms with Crippen LogP contribution in [0.25, 0.3) is 0 Å². The molecule has 2 rings (SSSR count). The van der Waals surface area contributed by atoms with Crippen molar-refractivity contribution in [2.45, 2.75) is 0 Å². The van der Waals surface area contributed by atoms with Crippen molar-refractivity contribution in [2.24, 2.45) is 0 Å². The van der Waals surface area contributed by atoms with E-state index in [0.717, 1.165) is 4.47 Å². The molecule has 0 aliphatic rings. The van der Waals surface area contributed by atoms with Gasteiger partial charge < -0.3 is 10.6 Å². The molecule has 0 saturated carbocycles. The molecule has 0 saturated heterocycles. The number of benzene rings is 2. The van der Waals surface area contributed by atoms with Crippen molar-refractivity contribution < 1.29 is 9.59 Å². The van der Waals surface area contributed by atoms with Gasteiger partial charge in [0.15, 0.2) is 0 Å². The number of halogens is 2. The number of para-hydroxylation sites is 1. The summed E-state index contributed by atoms with van der Waals surface area (Å²) in [6.45, 7) is 3.90. The van der Waals surface area contributed by atoms with E-state index in [1.807, 2.05) is 0 Å². The molecule has 0 spiro atoms. The summed E-state index contributed by atoms with van der Waals surface area (Å²) < 4.78 is 0.740. The van der Waals surface area contributed by atoms with Crippen molar-refractivity contribution >= 4 is 45.0 Å². The van der Waals surface area contributed by atoms with Crippen LogP contribution >= 0.6 is 27.5 Å². The Hall–Kier alpha value is -2.11. The van der Waals surface area contributed by atoms with Crippen LogP contribution in [0.1, 0.15) is 20.7 Å². The zero-order valence-electron chi connectivity index (χ0n) is 12.1. The Kier molecular flexibility index (Phi) is 5.96. The zero-order chi connectivity index (χ0) is 16.8. The minimum atomic E-state index is -0.389. The van der Waals surface area contributed by atoms with Crippen molar-refractivity contribution in [1.82, 2.24) is 5.32 Å². The molecule has 0 aromatic heterocycles. The van der Waals surface area contributed by atoms with Crippen LogP contribution in [0.5, 0.6) is 0 Å². The van der Waals surface area contributed by atoms with Gasteiger partial charge in [-0.3, -0.25) is 9.59 Å². The van der Waals surface area contributed by atoms with Crippen LogP contribution in [0, 0.1) is 0 Å². The number of amides is 2. The molecule has 2 aromatic carbocycles. The van der Waals surface area contributed by atoms with E-state index in [4.69, 9.17) is 11.6 Å². The number of nitrogens with one attached hydrogen (secondary N) is 2. The predicted molar refractivity (Wildman–Crippen MR) is 96.1 cm³/mol. The molecule has 0 bridgehead atoms. The molecule has 0 radical (unpaired) electrons. The fourth-order valence-corrected chi connectivity index (χ4v) is 2.48. The number of anilines is 1. The summed E-state index contributed by atoms with van der Waals surface area (Å²) in [5.41, 5.74) is 1.10. The van der Waals surface area contributed by atoms with E-state index in [2.05, 4.69) is 33.1 Å². The fraction of sp³-hybridized carbons (Fsp3) is 0.0588. The molecule has 2 aromatic rings. The number of hydrogen-bond donors (Lipinski definition) is 2. The maximum Gasteiger partial charge on any atom is 0.257 e. The second-order valence-corrected chi connectivity index (χ2v) is 5.95. The van der Waals surface area contributed by atoms with Crippen LogP contribution in [0.2, 0.25) is 5.02 Å². The lowest BCUT2D eigenvalue weighted by Crippen LogP contribution is -2.25. The Labute approximate surface area is 147 Å². The SMILES string of the molecule is C=CCNC(=O)c1ccccc1NC(=O)c1cc(Br)ccc1Cl. The first-order valence-corrected chi connectivity index (χ1v) is 7.94. The van der Waals surface area contributed by atoms with Gasteiger partial charge >= 0.3 is 0 Å². The summed E-state index contributed by atoms with van der Waals surface area (Å²) in [7, 11) is 0. The molecular formula is C17H14BrClN2O2. The quantitative estimate of drug-likeness (QED) is 0.745. The van der Waals surface area contributed by atoms with Crippen molar-refractivity contribution in [2.75, 3.05) is 11.9 Å². The highest BCUT2D eigenvalue weighted by atomic mass is 79.9. The highest BCUT2D eigenvalue weighted by molar-refractivity contribution is 9.10. The van der Waals surface area contributed by atoms with Gasteiger partial charge in [-0.1, -0.05) is 45.7 Å². The molecule has 4 nitrogen and oxygen atoms in total. The molecule has 0 heterocycles. The number of carbonyl (C=O) groups is 2. The molecule has 0 atom stereocenters. The van der Waals surface area contributed by atoms with Gasteiger partial charge in [0, 0.05) is 11.0 Å². The summed E-state index contributed by atoms with van der Waals surface area (Å²) in [5, 5.41) is 5.73. The first-order chi connectivity index (χ1) is 11.0. The molecule has 0 fully saturated rings. The maximum atomic E-state index is 12.4. The van der Waals surface area contributed by atoms with Crippen molar-refractivity contribution in [3.63, 3.8) is 0 Å². The van der Waals surface area contributed by atoms with Gasteiger partial charge in [0.25, 0.3) is 11.8 Å². The number of carbonyl (C=O) groups excluding carboxylic acids is 2. The van der Waals surface area contributed by atoms with E-state index in [9.17, 15) is 9.59 Å². The Morgan fingerprint density at radius 3 is 2.61 bits per heavy atom. The van der Waals surface area contributed by atoms with E-state index in [-0.39, 0.29) is 11.8 Å². The first-order valence-electron chi connectivity index (χ1n) is 6.77. The van der Waals surface area contributed by atoms with Crippen molar-refractivity contribution in [1.29, 1.82) is 0 Å². The fourth-order valence-electron chi connectivity index (χ4n) is 1.91. The van der Waals surface area contributed by atoms with Gasteiger partial charge in [-0.15, -0.1) is 6.58 Å². The van der Waals surface area contributed by atoms with Gasteiger partial charge in [-0.2, -0.15) is 0 Å². The normalized spacial score (nSPS) is 10.0. The smallest absolute Gasteiger partial charge is 0.257 e. The Bertz CT molecular complexity index is 762. The molecule has 0 unspecified atom stereocenters. The minimum absolute atomic E-state index is 0.291. The third-order valence-electron chi connectivity index (χ3n) is 3.00. The maximum absolute atomic E-state index is 12.4. The van der Waals surface area contributed by atoms with Crippen LogP contribution in [0.4, 0.5) is 5.69 Å². The molecule has 118 valence electrons. The molecule has 23 heavy (non-hydrogen) atoms. The Morgan fingerprint density at radius 2 is 1.87 bits per heavy atom. The average molecular weight is 394 g/mol. The second kappa shape index (κ2) is 7.94. The number of hydrogen-bond acceptors (Lipinski definition) is 2. The summed E-state index contributed by atoms with van der Waals surface area (Å²) >= 11 is 9.36. The third kappa shape index (κ3) is 4.43. The minimum Gasteiger partial charge on any atom is -0.349 e. The molecular weight excluding hydrogens is 380 g/mol. The Balaban J connectivity index is 2.26. The summed E-state index contributed by atoms with van der Waals surface area (Å²) in [6, 6.07) is 11.8. The van der Waals surface area contributed by atoms with E-state index < -0.39 is 0 Å². The third-order valence-corrected chi connectivity index (χ3v) is 3.82. The van der Waals surface area contributed by atoms with Crippen LogP contribution in [-0.4, -0.2) is 18.4 Å². The van der Waals surface area contributed by atoms with Crippen molar-refractivity contribution in [3.8, 4) is 0 Å². The lowest BCUT2D eigenvalue weighted by Gasteiger charge is -2.11. The van der Waals surface area contributed by atoms with Gasteiger partial charge in [-0.25, -0.2) is 0 Å². The van der Waals surface area contributed by atoms with Crippen molar-refractivity contribution in [3.05, 3.63) is 75.7 Å². The summed E-state index contributed by atoms with van der Waals surface area (Å²) in [6.07, 6.45) is 1.58. The molecule has 2 amide bonds. The van der Waals surface area contributed by atoms with E-state index in [1.165, 1.54) is 0 Å². The zero-order valence-corrected chi connectivity index (χ0v) is 14.4. The van der Waals surface area contributed by atoms with Gasteiger partial charge in [0.1, 0.15) is 0 Å². The lowest BCUT2D eigenvalue weighted by atomic mass is 10.1. The van der Waals surface area contributed by atoms with E-state index in [1.54, 1.807) is 48.5 Å². The first kappa shape index (κ1) is 17.2. The summed E-state index contributed by atoms with van der Waals surface area (Å²) in [4.78, 5) is 24.5. The molecule has 0 aliphatic carbocycles. The molecule has 6 heteroatoms. The van der Waals surface area contributed by atoms with Crippen LogP contribution in [0.15, 0.2) is 59.6 Å². The van der Waals surface area contributed by atoms with Gasteiger partial charge in [0.05, 0.1) is 21.8 Å². The largest absolute Gasteiger partial charge is 0.349 e.